The number of benzene rings is 2. The third-order valence-electron chi connectivity index (χ3n) is 2.36. The number of nitrogen functional groups attached to an aromatic ring is 2. The average molecular weight is 423 g/mol. The van der Waals surface area contributed by atoms with Gasteiger partial charge in [-0.1, -0.05) is 51.3 Å². The van der Waals surface area contributed by atoms with Crippen molar-refractivity contribution in [1.29, 1.82) is 0 Å². The monoisotopic (exact) mass is 424 g/mol. The molecule has 2 radical (unpaired) electrons. The maximum Gasteiger partial charge on any atom is 2.00 e. The van der Waals surface area contributed by atoms with E-state index in [0.29, 0.717) is 0 Å². The molecule has 0 unspecified atom stereocenters. The molecule has 23 heavy (non-hydrogen) atoms. The van der Waals surface area contributed by atoms with Crippen LogP contribution in [0.5, 0.6) is 0 Å². The number of carbonyl (C=O) groups excluding carboxylic acids is 2. The number of para-hydroxylation sites is 2. The number of carbonyl (C=O) groups is 2. The fourth-order valence-electron chi connectivity index (χ4n) is 1.37. The van der Waals surface area contributed by atoms with Crippen LogP contribution in [0, 0.1) is 0 Å². The first-order valence-electron chi connectivity index (χ1n) is 5.55. The molecule has 7 heteroatoms. The van der Waals surface area contributed by atoms with E-state index in [-0.39, 0.29) is 61.3 Å². The van der Waals surface area contributed by atoms with Crippen molar-refractivity contribution in [3.63, 3.8) is 0 Å². The molecule has 0 bridgehead atoms. The normalized spacial score (nSPS) is 8.00. The Hall–Kier alpha value is -2.22. The van der Waals surface area contributed by atoms with Crippen LogP contribution in [-0.2, 0) is 0 Å². The van der Waals surface area contributed by atoms with Crippen molar-refractivity contribution >= 4 is 47.2 Å². The molecule has 2 rings (SSSR count). The van der Waals surface area contributed by atoms with Crippen molar-refractivity contribution in [2.24, 2.45) is 0 Å². The van der Waals surface area contributed by atoms with E-state index in [4.69, 9.17) is 11.5 Å². The van der Waals surface area contributed by atoms with Gasteiger partial charge >= 0.3 is 23.9 Å². The average Bonchev–Trinajstić information content (AvgIpc) is 2.40. The van der Waals surface area contributed by atoms with Crippen LogP contribution in [0.2, 0.25) is 0 Å². The Balaban J connectivity index is -0.000000308. The molecule has 6 nitrogen and oxygen atoms in total. The first kappa shape index (κ1) is 25.7. The molecular formula is C16H20N2O4Sn. The van der Waals surface area contributed by atoms with Crippen molar-refractivity contribution < 1.29 is 19.8 Å². The van der Waals surface area contributed by atoms with Gasteiger partial charge in [0.15, 0.2) is 0 Å². The molecule has 0 saturated heterocycles. The Morgan fingerprint density at radius 3 is 1.13 bits per heavy atom. The third kappa shape index (κ3) is 8.10. The predicted octanol–water partition coefficient (Wildman–Crippen LogP) is 0.156. The number of carboxylic acids is 2. The zero-order valence-corrected chi connectivity index (χ0v) is 13.8. The van der Waals surface area contributed by atoms with Crippen LogP contribution in [0.4, 0.5) is 11.4 Å². The van der Waals surface area contributed by atoms with E-state index in [0.717, 1.165) is 0 Å². The van der Waals surface area contributed by atoms with Gasteiger partial charge in [-0.2, -0.15) is 0 Å². The molecule has 0 saturated carbocycles. The van der Waals surface area contributed by atoms with E-state index in [1.165, 1.54) is 24.3 Å². The fourth-order valence-corrected chi connectivity index (χ4v) is 1.37. The number of nitrogens with two attached hydrogens (primary N) is 2. The van der Waals surface area contributed by atoms with Crippen molar-refractivity contribution in [3.05, 3.63) is 59.7 Å². The van der Waals surface area contributed by atoms with Crippen LogP contribution in [-0.4, -0.2) is 35.8 Å². The minimum Gasteiger partial charge on any atom is -0.545 e. The number of aromatic carboxylic acids is 2. The Kier molecular flexibility index (Phi) is 13.8. The van der Waals surface area contributed by atoms with Crippen molar-refractivity contribution in [3.8, 4) is 0 Å². The summed E-state index contributed by atoms with van der Waals surface area (Å²) in [6, 6.07) is 12.4. The predicted molar refractivity (Wildman–Crippen MR) is 89.6 cm³/mol. The van der Waals surface area contributed by atoms with E-state index >= 15 is 0 Å². The van der Waals surface area contributed by atoms with Gasteiger partial charge in [-0.05, 0) is 12.1 Å². The number of anilines is 2. The quantitative estimate of drug-likeness (QED) is 0.523. The molecule has 0 aliphatic carbocycles. The van der Waals surface area contributed by atoms with Crippen LogP contribution in [0.1, 0.15) is 35.6 Å². The summed E-state index contributed by atoms with van der Waals surface area (Å²) in [5, 5.41) is 20.5. The molecule has 0 amide bonds. The standard InChI is InChI=1S/2C7H7NO2.2CH4.Sn/c2*8-6-4-2-1-3-5(6)7(9)10;;;/h2*1-4H,8H2,(H,9,10);2*1H4;/q;;;;+2/p-2. The fraction of sp³-hybridized carbons (Fsp3) is 0.125. The van der Waals surface area contributed by atoms with Gasteiger partial charge in [-0.25, -0.2) is 0 Å². The zero-order valence-electron chi connectivity index (χ0n) is 10.9. The van der Waals surface area contributed by atoms with Gasteiger partial charge in [0.05, 0.1) is 11.9 Å². The van der Waals surface area contributed by atoms with Crippen molar-refractivity contribution in [2.75, 3.05) is 11.5 Å². The summed E-state index contributed by atoms with van der Waals surface area (Å²) in [5.74, 6) is -2.48. The molecule has 0 aromatic heterocycles. The number of hydrogen-bond donors (Lipinski definition) is 2. The van der Waals surface area contributed by atoms with Gasteiger partial charge in [0.25, 0.3) is 0 Å². The smallest absolute Gasteiger partial charge is 0.545 e. The molecule has 2 aromatic carbocycles. The van der Waals surface area contributed by atoms with E-state index in [1.54, 1.807) is 24.3 Å². The summed E-state index contributed by atoms with van der Waals surface area (Å²) in [5.41, 5.74) is 11.2. The minimum atomic E-state index is -1.24. The molecule has 0 fully saturated rings. The van der Waals surface area contributed by atoms with Gasteiger partial charge < -0.3 is 31.3 Å². The van der Waals surface area contributed by atoms with E-state index in [1.807, 2.05) is 0 Å². The summed E-state index contributed by atoms with van der Waals surface area (Å²) in [6.45, 7) is 0. The SMILES string of the molecule is C.C.Nc1ccccc1C(=O)[O-].Nc1ccccc1C(=O)[O-].[Sn+2]. The van der Waals surface area contributed by atoms with Crippen LogP contribution in [0.15, 0.2) is 48.5 Å². The Labute approximate surface area is 153 Å². The number of hydrogen-bond acceptors (Lipinski definition) is 6. The van der Waals surface area contributed by atoms with Gasteiger partial charge in [0.2, 0.25) is 0 Å². The maximum atomic E-state index is 10.2. The second-order valence-electron chi connectivity index (χ2n) is 3.75. The summed E-state index contributed by atoms with van der Waals surface area (Å²) in [7, 11) is 0. The molecule has 4 N–H and O–H groups in total. The first-order chi connectivity index (χ1) is 9.43. The van der Waals surface area contributed by atoms with Gasteiger partial charge in [0, 0.05) is 22.5 Å². The second-order valence-corrected chi connectivity index (χ2v) is 3.75. The second kappa shape index (κ2) is 12.3. The zero-order chi connectivity index (χ0) is 15.1. The van der Waals surface area contributed by atoms with E-state index in [9.17, 15) is 19.8 Å². The molecule has 0 spiro atoms. The summed E-state index contributed by atoms with van der Waals surface area (Å²) >= 11 is 0. The third-order valence-corrected chi connectivity index (χ3v) is 2.36. The molecule has 2 aromatic rings. The molecule has 0 aliphatic rings. The number of carboxylic acid groups (broad SMARTS) is 2. The van der Waals surface area contributed by atoms with Crippen LogP contribution in [0.3, 0.4) is 0 Å². The molecule has 0 heterocycles. The molecule has 122 valence electrons. The van der Waals surface area contributed by atoms with Crippen LogP contribution < -0.4 is 21.7 Å². The van der Waals surface area contributed by atoms with Crippen LogP contribution in [0.25, 0.3) is 0 Å². The van der Waals surface area contributed by atoms with Crippen molar-refractivity contribution in [1.82, 2.24) is 0 Å². The summed E-state index contributed by atoms with van der Waals surface area (Å²) < 4.78 is 0. The first-order valence-corrected chi connectivity index (χ1v) is 5.55. The van der Waals surface area contributed by atoms with Gasteiger partial charge in [0.1, 0.15) is 0 Å². The summed E-state index contributed by atoms with van der Waals surface area (Å²) in [6.07, 6.45) is 0. The molecule has 0 atom stereocenters. The molecule has 0 aliphatic heterocycles. The van der Waals surface area contributed by atoms with Crippen LogP contribution >= 0.6 is 0 Å². The number of rotatable bonds is 2. The Bertz CT molecular complexity index is 577. The van der Waals surface area contributed by atoms with Crippen molar-refractivity contribution in [2.45, 2.75) is 14.9 Å². The summed E-state index contributed by atoms with van der Waals surface area (Å²) in [4.78, 5) is 20.5. The van der Waals surface area contributed by atoms with E-state index < -0.39 is 11.9 Å². The van der Waals surface area contributed by atoms with Gasteiger partial charge in [-0.3, -0.25) is 0 Å². The molecular weight excluding hydrogens is 403 g/mol. The maximum absolute atomic E-state index is 10.2. The largest absolute Gasteiger partial charge is 2.00 e. The Morgan fingerprint density at radius 2 is 0.957 bits per heavy atom. The van der Waals surface area contributed by atoms with E-state index in [2.05, 4.69) is 0 Å². The minimum absolute atomic E-state index is 0. The van der Waals surface area contributed by atoms with Gasteiger partial charge in [-0.15, -0.1) is 0 Å². The topological polar surface area (TPSA) is 132 Å². The Morgan fingerprint density at radius 1 is 0.696 bits per heavy atom.